The molecule has 0 aromatic carbocycles. The summed E-state index contributed by atoms with van der Waals surface area (Å²) in [6.45, 7) is 10.9. The Hall–Kier alpha value is -5.56. The third kappa shape index (κ3) is 14.2. The number of rotatable bonds is 8. The molecule has 5 atom stereocenters. The number of nitrogens with zero attached hydrogens (tertiary/aromatic N) is 8. The third-order valence-corrected chi connectivity index (χ3v) is 12.1. The smallest absolute Gasteiger partial charge is 0.334 e. The minimum Gasteiger partial charge on any atom is -0.390 e. The fourth-order valence-corrected chi connectivity index (χ4v) is 8.11. The molecular weight excluding hydrogens is 861 g/mol. The second-order valence-corrected chi connectivity index (χ2v) is 18.0. The summed E-state index contributed by atoms with van der Waals surface area (Å²) in [4.78, 5) is 157. The van der Waals surface area contributed by atoms with E-state index in [9.17, 15) is 57.8 Å². The lowest BCUT2D eigenvalue weighted by atomic mass is 9.97. The molecule has 2 aliphatic heterocycles. The normalized spacial score (nSPS) is 25.0. The quantitative estimate of drug-likeness (QED) is 0.216. The minimum absolute atomic E-state index is 0.00997. The van der Waals surface area contributed by atoms with Gasteiger partial charge in [0.05, 0.1) is 5.60 Å². The first kappa shape index (κ1) is 54.6. The Balaban J connectivity index is 2.69. The van der Waals surface area contributed by atoms with Crippen molar-refractivity contribution in [3.8, 4) is 0 Å². The van der Waals surface area contributed by atoms with E-state index in [-0.39, 0.29) is 6.42 Å². The average molecular weight is 927 g/mol. The van der Waals surface area contributed by atoms with E-state index in [0.717, 1.165) is 87.5 Å². The first-order valence-corrected chi connectivity index (χ1v) is 21.8. The maximum atomic E-state index is 14.5. The van der Waals surface area contributed by atoms with Crippen LogP contribution >= 0.6 is 11.8 Å². The lowest BCUT2D eigenvalue weighted by Crippen LogP contribution is -2.60. The number of urea groups is 6. The molecule has 0 radical (unpaired) electrons. The van der Waals surface area contributed by atoms with Gasteiger partial charge in [-0.15, -0.1) is 11.8 Å². The summed E-state index contributed by atoms with van der Waals surface area (Å²) < 4.78 is 0. The highest BCUT2D eigenvalue weighted by atomic mass is 32.2. The number of likely N-dealkylation sites (tertiary alicyclic amines) is 1. The van der Waals surface area contributed by atoms with Crippen LogP contribution in [-0.2, 0) is 24.0 Å². The molecule has 0 saturated carbocycles. The molecule has 5 N–H and O–H groups in total. The van der Waals surface area contributed by atoms with E-state index in [1.807, 2.05) is 10.6 Å². The van der Waals surface area contributed by atoms with E-state index in [0.29, 0.717) is 31.9 Å². The van der Waals surface area contributed by atoms with Crippen molar-refractivity contribution >= 4 is 77.5 Å². The van der Waals surface area contributed by atoms with Crippen LogP contribution in [0.3, 0.4) is 0 Å². The monoisotopic (exact) mass is 926 g/mol. The Bertz CT molecular complexity index is 1810. The molecule has 0 spiro atoms. The number of hydrogen-bond donors (Lipinski definition) is 5. The minimum atomic E-state index is -1.61. The molecular formula is C39H66N12O12S. The molecule has 2 heterocycles. The highest BCUT2D eigenvalue weighted by Crippen LogP contribution is 2.24. The summed E-state index contributed by atoms with van der Waals surface area (Å²) in [6, 6.07) is -13.0. The number of amides is 17. The van der Waals surface area contributed by atoms with Crippen LogP contribution in [0.1, 0.15) is 67.2 Å². The first-order chi connectivity index (χ1) is 29.6. The number of hydrogen-bond acceptors (Lipinski definition) is 14. The fourth-order valence-electron chi connectivity index (χ4n) is 6.88. The van der Waals surface area contributed by atoms with Crippen LogP contribution in [0, 0.1) is 5.92 Å². The Morgan fingerprint density at radius 2 is 1.23 bits per heavy atom. The van der Waals surface area contributed by atoms with Crippen molar-refractivity contribution in [2.75, 3.05) is 74.7 Å². The summed E-state index contributed by atoms with van der Waals surface area (Å²) in [6.07, 6.45) is 1.56. The molecule has 0 aromatic rings. The molecule has 2 aliphatic rings. The number of likely N-dealkylation sites (N-methyl/N-ethyl adjacent to an activating group) is 5. The van der Waals surface area contributed by atoms with Crippen molar-refractivity contribution in [3.05, 3.63) is 0 Å². The first-order valence-electron chi connectivity index (χ1n) is 20.8. The summed E-state index contributed by atoms with van der Waals surface area (Å²) in [5.41, 5.74) is -1.61. The molecule has 0 aliphatic carbocycles. The van der Waals surface area contributed by atoms with E-state index < -0.39 is 113 Å². The zero-order valence-corrected chi connectivity index (χ0v) is 39.9. The SMILES string of the molecule is CC[C@@H]1NC(=O)N(C)C(=O)[C@H](C(C)C)N(C)C(=O)N(C)C(=O)N(C)C(=O)[C@H](C)NC(=O)NC(=O)N(C)C(=O)NC(=O)[C@H](CC(C)(C)O)N(C)C(=O)[C@@H](SCCN2CCCC2)N(C)C1=O. The lowest BCUT2D eigenvalue weighted by molar-refractivity contribution is -0.146. The van der Waals surface area contributed by atoms with Gasteiger partial charge in [0.1, 0.15) is 24.2 Å². The molecule has 0 bridgehead atoms. The van der Waals surface area contributed by atoms with E-state index in [2.05, 4.69) is 15.5 Å². The highest BCUT2D eigenvalue weighted by molar-refractivity contribution is 8.00. The standard InChI is InChI=1S/C39H66N12O12S/c1-14-24-29(54)46(9)32(64-20-19-51-17-15-16-18-51)31(56)44(7)25(21-39(5,6)63)27(52)42-35(59)49(12)36(60)43-33(57)40-23(4)28(53)48(11)38(62)50(13)37(61)45(8)26(22(2)3)30(55)47(10)34(58)41-24/h22-26,32,63H,14-21H2,1-13H3,(H,41,58)(H,42,52,59)(H2,40,43,57,60)/t23-,24-,25-,26-,32+/m0/s1. The van der Waals surface area contributed by atoms with Gasteiger partial charge in [-0.3, -0.25) is 44.4 Å². The Kier molecular flexibility index (Phi) is 19.9. The average Bonchev–Trinajstić information content (AvgIpc) is 3.75. The van der Waals surface area contributed by atoms with Gasteiger partial charge in [-0.1, -0.05) is 20.8 Å². The van der Waals surface area contributed by atoms with E-state index in [1.54, 1.807) is 20.8 Å². The van der Waals surface area contributed by atoms with E-state index in [1.165, 1.54) is 35.0 Å². The fraction of sp³-hybridized carbons (Fsp3) is 0.718. The molecule has 0 aromatic heterocycles. The van der Waals surface area contributed by atoms with Gasteiger partial charge in [-0.2, -0.15) is 0 Å². The summed E-state index contributed by atoms with van der Waals surface area (Å²) in [5, 5.41) is 18.0. The van der Waals surface area contributed by atoms with Gasteiger partial charge in [0, 0.05) is 68.1 Å². The number of carbonyl (C=O) groups is 11. The number of thioether (sulfide) groups is 1. The van der Waals surface area contributed by atoms with Crippen molar-refractivity contribution < 1.29 is 57.8 Å². The second kappa shape index (κ2) is 23.4. The predicted molar refractivity (Wildman–Crippen MR) is 233 cm³/mol. The molecule has 24 nitrogen and oxygen atoms in total. The van der Waals surface area contributed by atoms with Gasteiger partial charge in [0.15, 0.2) is 5.37 Å². The van der Waals surface area contributed by atoms with Gasteiger partial charge in [0.2, 0.25) is 5.91 Å². The van der Waals surface area contributed by atoms with Crippen molar-refractivity contribution in [1.29, 1.82) is 0 Å². The largest absolute Gasteiger partial charge is 0.390 e. The van der Waals surface area contributed by atoms with Crippen LogP contribution in [-0.4, -0.2) is 220 Å². The zero-order chi connectivity index (χ0) is 49.1. The number of nitrogens with one attached hydrogen (secondary N) is 4. The molecule has 360 valence electrons. The van der Waals surface area contributed by atoms with Gasteiger partial charge in [-0.25, -0.2) is 38.6 Å². The van der Waals surface area contributed by atoms with E-state index in [4.69, 9.17) is 0 Å². The van der Waals surface area contributed by atoms with Gasteiger partial charge < -0.3 is 35.3 Å². The summed E-state index contributed by atoms with van der Waals surface area (Å²) in [7, 11) is 7.89. The van der Waals surface area contributed by atoms with Crippen molar-refractivity contribution in [3.63, 3.8) is 0 Å². The maximum absolute atomic E-state index is 14.5. The van der Waals surface area contributed by atoms with Gasteiger partial charge in [0.25, 0.3) is 23.6 Å². The molecule has 0 unspecified atom stereocenters. The van der Waals surface area contributed by atoms with Crippen LogP contribution in [0.2, 0.25) is 0 Å². The van der Waals surface area contributed by atoms with Gasteiger partial charge in [-0.05, 0) is 59.0 Å². The third-order valence-electron chi connectivity index (χ3n) is 10.8. The highest BCUT2D eigenvalue weighted by Gasteiger charge is 2.42. The molecule has 2 rings (SSSR count). The molecule has 2 fully saturated rings. The van der Waals surface area contributed by atoms with Crippen molar-refractivity contribution in [2.24, 2.45) is 5.92 Å². The Morgan fingerprint density at radius 1 is 0.672 bits per heavy atom. The van der Waals surface area contributed by atoms with Crippen LogP contribution in [0.25, 0.3) is 0 Å². The summed E-state index contributed by atoms with van der Waals surface area (Å²) >= 11 is 1.09. The number of carbonyl (C=O) groups excluding carboxylic acids is 11. The topological polar surface area (TPSA) is 282 Å². The van der Waals surface area contributed by atoms with Crippen molar-refractivity contribution in [2.45, 2.75) is 102 Å². The van der Waals surface area contributed by atoms with Crippen LogP contribution < -0.4 is 21.3 Å². The van der Waals surface area contributed by atoms with Crippen LogP contribution in [0.15, 0.2) is 0 Å². The predicted octanol–water partition coefficient (Wildman–Crippen LogP) is 0.110. The molecule has 25 heteroatoms. The number of aliphatic hydroxyl groups is 1. The van der Waals surface area contributed by atoms with Gasteiger partial charge >= 0.3 is 36.2 Å². The number of imide groups is 6. The molecule has 17 amide bonds. The summed E-state index contributed by atoms with van der Waals surface area (Å²) in [5.74, 6) is -4.91. The van der Waals surface area contributed by atoms with Crippen LogP contribution in [0.5, 0.6) is 0 Å². The van der Waals surface area contributed by atoms with Crippen LogP contribution in [0.4, 0.5) is 28.8 Å². The Labute approximate surface area is 378 Å². The molecule has 64 heavy (non-hydrogen) atoms. The second-order valence-electron chi connectivity index (χ2n) is 16.8. The zero-order valence-electron chi connectivity index (χ0n) is 39.0. The van der Waals surface area contributed by atoms with E-state index >= 15 is 0 Å². The lowest BCUT2D eigenvalue weighted by Gasteiger charge is -2.37. The maximum Gasteiger partial charge on any atom is 0.334 e. The molecule has 2 saturated heterocycles. The van der Waals surface area contributed by atoms with Crippen molar-refractivity contribution in [1.82, 2.24) is 60.5 Å². The Morgan fingerprint density at radius 3 is 1.77 bits per heavy atom.